The summed E-state index contributed by atoms with van der Waals surface area (Å²) in [6.07, 6.45) is 3.56. The number of halogens is 1. The van der Waals surface area contributed by atoms with Crippen molar-refractivity contribution in [1.82, 2.24) is 14.8 Å². The Morgan fingerprint density at radius 1 is 1.50 bits per heavy atom. The molecule has 1 N–H and O–H groups in total. The van der Waals surface area contributed by atoms with Gasteiger partial charge in [-0.05, 0) is 19.1 Å². The van der Waals surface area contributed by atoms with Crippen LogP contribution in [-0.4, -0.2) is 14.8 Å². The third kappa shape index (κ3) is 2.17. The zero-order chi connectivity index (χ0) is 11.5. The van der Waals surface area contributed by atoms with Gasteiger partial charge in [-0.2, -0.15) is 5.10 Å². The van der Waals surface area contributed by atoms with E-state index >= 15 is 0 Å². The number of rotatable bonds is 3. The highest BCUT2D eigenvalue weighted by Gasteiger charge is 2.05. The Balaban J connectivity index is 2.08. The SMILES string of the molecule is Cc1c(CNc2ncccc2Cl)cnn1C. The van der Waals surface area contributed by atoms with E-state index in [1.807, 2.05) is 37.0 Å². The summed E-state index contributed by atoms with van der Waals surface area (Å²) in [5.41, 5.74) is 2.28. The maximum atomic E-state index is 5.99. The average molecular weight is 237 g/mol. The van der Waals surface area contributed by atoms with Crippen molar-refractivity contribution in [2.45, 2.75) is 13.5 Å². The highest BCUT2D eigenvalue weighted by Crippen LogP contribution is 2.18. The summed E-state index contributed by atoms with van der Waals surface area (Å²) in [5.74, 6) is 0.701. The van der Waals surface area contributed by atoms with E-state index in [0.29, 0.717) is 17.4 Å². The zero-order valence-corrected chi connectivity index (χ0v) is 9.99. The number of aromatic nitrogens is 3. The Kier molecular flexibility index (Phi) is 3.10. The third-order valence-electron chi connectivity index (χ3n) is 2.54. The molecule has 0 atom stereocenters. The van der Waals surface area contributed by atoms with E-state index in [4.69, 9.17) is 11.6 Å². The van der Waals surface area contributed by atoms with Crippen LogP contribution in [0.2, 0.25) is 5.02 Å². The third-order valence-corrected chi connectivity index (χ3v) is 2.85. The van der Waals surface area contributed by atoms with Crippen LogP contribution in [-0.2, 0) is 13.6 Å². The van der Waals surface area contributed by atoms with E-state index in [0.717, 1.165) is 11.3 Å². The van der Waals surface area contributed by atoms with E-state index < -0.39 is 0 Å². The Labute approximate surface area is 99.3 Å². The summed E-state index contributed by atoms with van der Waals surface area (Å²) < 4.78 is 1.84. The van der Waals surface area contributed by atoms with Gasteiger partial charge in [-0.15, -0.1) is 0 Å². The van der Waals surface area contributed by atoms with Crippen LogP contribution in [0.3, 0.4) is 0 Å². The molecule has 5 heteroatoms. The second kappa shape index (κ2) is 4.53. The molecule has 0 fully saturated rings. The fourth-order valence-electron chi connectivity index (χ4n) is 1.41. The molecule has 0 amide bonds. The van der Waals surface area contributed by atoms with Crippen LogP contribution in [0.4, 0.5) is 5.82 Å². The Morgan fingerprint density at radius 3 is 2.94 bits per heavy atom. The molecule has 0 aliphatic heterocycles. The molecule has 2 rings (SSSR count). The maximum absolute atomic E-state index is 5.99. The number of hydrogen-bond donors (Lipinski definition) is 1. The van der Waals surface area contributed by atoms with Crippen molar-refractivity contribution in [2.75, 3.05) is 5.32 Å². The first-order valence-corrected chi connectivity index (χ1v) is 5.38. The molecule has 0 bridgehead atoms. The standard InChI is InChI=1S/C11H13ClN4/c1-8-9(7-15-16(8)2)6-14-11-10(12)4-3-5-13-11/h3-5,7H,6H2,1-2H3,(H,13,14). The van der Waals surface area contributed by atoms with Crippen molar-refractivity contribution in [2.24, 2.45) is 7.05 Å². The van der Waals surface area contributed by atoms with Crippen LogP contribution in [0.5, 0.6) is 0 Å². The summed E-state index contributed by atoms with van der Waals surface area (Å²) in [4.78, 5) is 4.16. The molecule has 0 unspecified atom stereocenters. The van der Waals surface area contributed by atoms with E-state index in [2.05, 4.69) is 15.4 Å². The molecule has 16 heavy (non-hydrogen) atoms. The van der Waals surface area contributed by atoms with E-state index in [1.165, 1.54) is 0 Å². The van der Waals surface area contributed by atoms with Crippen LogP contribution < -0.4 is 5.32 Å². The van der Waals surface area contributed by atoms with Gasteiger partial charge in [0.05, 0.1) is 11.2 Å². The predicted octanol–water partition coefficient (Wildman–Crippen LogP) is 2.39. The van der Waals surface area contributed by atoms with Crippen LogP contribution in [0.25, 0.3) is 0 Å². The van der Waals surface area contributed by atoms with Crippen LogP contribution in [0.15, 0.2) is 24.5 Å². The van der Waals surface area contributed by atoms with Gasteiger partial charge in [-0.25, -0.2) is 4.98 Å². The molecular formula is C11H13ClN4. The minimum atomic E-state index is 0.629. The fraction of sp³-hybridized carbons (Fsp3) is 0.273. The van der Waals surface area contributed by atoms with Gasteiger partial charge in [0.15, 0.2) is 0 Å². The molecule has 4 nitrogen and oxygen atoms in total. The average Bonchev–Trinajstić information content (AvgIpc) is 2.59. The molecule has 0 saturated carbocycles. The zero-order valence-electron chi connectivity index (χ0n) is 9.24. The summed E-state index contributed by atoms with van der Waals surface area (Å²) in [6.45, 7) is 2.71. The lowest BCUT2D eigenvalue weighted by Crippen LogP contribution is -2.03. The van der Waals surface area contributed by atoms with Gasteiger partial charge in [0, 0.05) is 31.0 Å². The van der Waals surface area contributed by atoms with Crippen molar-refractivity contribution in [1.29, 1.82) is 0 Å². The summed E-state index contributed by atoms with van der Waals surface area (Å²) >= 11 is 5.99. The molecule has 0 spiro atoms. The lowest BCUT2D eigenvalue weighted by Gasteiger charge is -2.06. The summed E-state index contributed by atoms with van der Waals surface area (Å²) in [6, 6.07) is 3.62. The molecule has 84 valence electrons. The molecule has 0 aromatic carbocycles. The van der Waals surface area contributed by atoms with Crippen molar-refractivity contribution in [3.63, 3.8) is 0 Å². The Hall–Kier alpha value is -1.55. The van der Waals surface area contributed by atoms with Crippen molar-refractivity contribution in [3.8, 4) is 0 Å². The topological polar surface area (TPSA) is 42.7 Å². The van der Waals surface area contributed by atoms with Crippen molar-refractivity contribution >= 4 is 17.4 Å². The van der Waals surface area contributed by atoms with Gasteiger partial charge < -0.3 is 5.32 Å². The van der Waals surface area contributed by atoms with Gasteiger partial charge >= 0.3 is 0 Å². The van der Waals surface area contributed by atoms with E-state index in [9.17, 15) is 0 Å². The number of pyridine rings is 1. The molecule has 0 aliphatic carbocycles. The molecule has 2 aromatic heterocycles. The second-order valence-corrected chi connectivity index (χ2v) is 3.97. The number of hydrogen-bond acceptors (Lipinski definition) is 3. The molecule has 0 aliphatic rings. The highest BCUT2D eigenvalue weighted by atomic mass is 35.5. The first-order valence-electron chi connectivity index (χ1n) is 5.00. The van der Waals surface area contributed by atoms with Crippen LogP contribution in [0.1, 0.15) is 11.3 Å². The number of aryl methyl sites for hydroxylation is 1. The monoisotopic (exact) mass is 236 g/mol. The Morgan fingerprint density at radius 2 is 2.31 bits per heavy atom. The van der Waals surface area contributed by atoms with E-state index in [-0.39, 0.29) is 0 Å². The van der Waals surface area contributed by atoms with Gasteiger partial charge in [0.1, 0.15) is 5.82 Å². The normalized spacial score (nSPS) is 10.4. The quantitative estimate of drug-likeness (QED) is 0.890. The maximum Gasteiger partial charge on any atom is 0.145 e. The largest absolute Gasteiger partial charge is 0.365 e. The highest BCUT2D eigenvalue weighted by molar-refractivity contribution is 6.32. The van der Waals surface area contributed by atoms with Crippen molar-refractivity contribution in [3.05, 3.63) is 40.8 Å². The van der Waals surface area contributed by atoms with Crippen molar-refractivity contribution < 1.29 is 0 Å². The fourth-order valence-corrected chi connectivity index (χ4v) is 1.60. The minimum absolute atomic E-state index is 0.629. The molecule has 2 aromatic rings. The van der Waals surface area contributed by atoms with E-state index in [1.54, 1.807) is 6.20 Å². The number of nitrogens with zero attached hydrogens (tertiary/aromatic N) is 3. The smallest absolute Gasteiger partial charge is 0.145 e. The lowest BCUT2D eigenvalue weighted by molar-refractivity contribution is 0.738. The molecule has 0 radical (unpaired) electrons. The minimum Gasteiger partial charge on any atom is -0.365 e. The molecule has 0 saturated heterocycles. The first-order chi connectivity index (χ1) is 7.68. The van der Waals surface area contributed by atoms with Gasteiger partial charge in [0.25, 0.3) is 0 Å². The van der Waals surface area contributed by atoms with Gasteiger partial charge in [-0.3, -0.25) is 4.68 Å². The Bertz CT molecular complexity index is 492. The molecule has 2 heterocycles. The van der Waals surface area contributed by atoms with Crippen LogP contribution in [0, 0.1) is 6.92 Å². The van der Waals surface area contributed by atoms with Gasteiger partial charge in [0.2, 0.25) is 0 Å². The molecular weight excluding hydrogens is 224 g/mol. The first kappa shape index (κ1) is 11.0. The lowest BCUT2D eigenvalue weighted by atomic mass is 10.2. The summed E-state index contributed by atoms with van der Waals surface area (Å²) in [7, 11) is 1.92. The predicted molar refractivity (Wildman–Crippen MR) is 64.5 cm³/mol. The number of anilines is 1. The second-order valence-electron chi connectivity index (χ2n) is 3.57. The summed E-state index contributed by atoms with van der Waals surface area (Å²) in [5, 5.41) is 7.99. The van der Waals surface area contributed by atoms with Crippen LogP contribution >= 0.6 is 11.6 Å². The van der Waals surface area contributed by atoms with Gasteiger partial charge in [-0.1, -0.05) is 11.6 Å². The number of nitrogens with one attached hydrogen (secondary N) is 1.